The third-order valence-corrected chi connectivity index (χ3v) is 11.6. The maximum absolute atomic E-state index is 12.5. The van der Waals surface area contributed by atoms with E-state index in [9.17, 15) is 4.79 Å². The average Bonchev–Trinajstić information content (AvgIpc) is 2.93. The van der Waals surface area contributed by atoms with Crippen molar-refractivity contribution in [3.05, 3.63) is 72.8 Å². The molecule has 1 unspecified atom stereocenters. The van der Waals surface area contributed by atoms with E-state index in [2.05, 4.69) is 45.0 Å². The van der Waals surface area contributed by atoms with E-state index in [1.54, 1.807) is 19.2 Å². The zero-order valence-electron chi connectivity index (χ0n) is 23.3. The van der Waals surface area contributed by atoms with E-state index in [1.807, 2.05) is 36.4 Å². The van der Waals surface area contributed by atoms with E-state index in [-0.39, 0.29) is 24.0 Å². The van der Waals surface area contributed by atoms with Crippen LogP contribution in [0, 0.1) is 0 Å². The van der Waals surface area contributed by atoms with Crippen molar-refractivity contribution in [1.82, 2.24) is 0 Å². The highest BCUT2D eigenvalue weighted by atomic mass is 28.4. The highest BCUT2D eigenvalue weighted by Crippen LogP contribution is 2.44. The number of hydrogen-bond acceptors (Lipinski definition) is 7. The molecule has 0 heterocycles. The van der Waals surface area contributed by atoms with Crippen LogP contribution in [-0.2, 0) is 14.0 Å². The molecule has 0 aromatic heterocycles. The molecule has 0 amide bonds. The lowest BCUT2D eigenvalue weighted by Crippen LogP contribution is -2.68. The van der Waals surface area contributed by atoms with E-state index in [0.717, 1.165) is 10.4 Å². The highest BCUT2D eigenvalue weighted by Gasteiger charge is 2.51. The van der Waals surface area contributed by atoms with E-state index < -0.39 is 14.4 Å². The molecule has 0 aliphatic heterocycles. The molecule has 3 aromatic carbocycles. The summed E-state index contributed by atoms with van der Waals surface area (Å²) in [6.45, 7) is 6.65. The summed E-state index contributed by atoms with van der Waals surface area (Å²) in [5.41, 5.74) is 0. The predicted octanol–water partition coefficient (Wildman–Crippen LogP) is 4.60. The van der Waals surface area contributed by atoms with Crippen molar-refractivity contribution < 1.29 is 32.9 Å². The molecule has 1 atom stereocenters. The molecule has 0 aliphatic carbocycles. The molecule has 0 aliphatic rings. The maximum Gasteiger partial charge on any atom is 0.308 e. The zero-order valence-corrected chi connectivity index (χ0v) is 24.3. The van der Waals surface area contributed by atoms with Gasteiger partial charge in [0.15, 0.2) is 11.5 Å². The summed E-state index contributed by atoms with van der Waals surface area (Å²) in [4.78, 5) is 12.5. The summed E-state index contributed by atoms with van der Waals surface area (Å²) in [6.07, 6.45) is -0.581. The molecule has 3 aromatic rings. The number of rotatable bonds is 12. The highest BCUT2D eigenvalue weighted by molar-refractivity contribution is 6.99. The molecule has 38 heavy (non-hydrogen) atoms. The van der Waals surface area contributed by atoms with Crippen LogP contribution in [0.5, 0.6) is 23.0 Å². The fourth-order valence-electron chi connectivity index (χ4n) is 4.72. The minimum atomic E-state index is -2.95. The molecule has 0 radical (unpaired) electrons. The van der Waals surface area contributed by atoms with E-state index >= 15 is 0 Å². The molecule has 0 fully saturated rings. The molecule has 0 saturated heterocycles. The fraction of sp³-hybridized carbons (Fsp3) is 0.367. The Morgan fingerprint density at radius 1 is 0.737 bits per heavy atom. The summed E-state index contributed by atoms with van der Waals surface area (Å²) in [7, 11) is 3.06. The first-order valence-electron chi connectivity index (χ1n) is 12.5. The molecule has 7 nitrogen and oxygen atoms in total. The second-order valence-electron chi connectivity index (χ2n) is 9.83. The number of carbonyl (C=O) groups excluding carboxylic acids is 1. The maximum atomic E-state index is 12.5. The van der Waals surface area contributed by atoms with Gasteiger partial charge in [-0.3, -0.25) is 4.79 Å². The van der Waals surface area contributed by atoms with Crippen molar-refractivity contribution in [1.29, 1.82) is 0 Å². The van der Waals surface area contributed by atoms with Crippen molar-refractivity contribution >= 4 is 24.7 Å². The number of esters is 1. The molecular formula is C30H38O7Si. The summed E-state index contributed by atoms with van der Waals surface area (Å²) >= 11 is 0. The van der Waals surface area contributed by atoms with Gasteiger partial charge < -0.3 is 28.1 Å². The Hall–Kier alpha value is -3.49. The van der Waals surface area contributed by atoms with Gasteiger partial charge in [-0.05, 0) is 27.5 Å². The SMILES string of the molecule is COC(=O)CC(COc1ccc(OC)c(OC)c1OC)O[Si](c1ccccc1)(c1ccccc1)C(C)(C)C. The molecule has 0 N–H and O–H groups in total. The topological polar surface area (TPSA) is 72.5 Å². The predicted molar refractivity (Wildman–Crippen MR) is 151 cm³/mol. The van der Waals surface area contributed by atoms with Gasteiger partial charge in [-0.25, -0.2) is 0 Å². The zero-order chi connectivity index (χ0) is 27.8. The van der Waals surface area contributed by atoms with Crippen LogP contribution in [0.2, 0.25) is 5.04 Å². The second kappa shape index (κ2) is 12.8. The Morgan fingerprint density at radius 2 is 1.24 bits per heavy atom. The minimum absolute atomic E-state index is 0.0244. The van der Waals surface area contributed by atoms with Crippen molar-refractivity contribution in [2.75, 3.05) is 35.0 Å². The number of hydrogen-bond donors (Lipinski definition) is 0. The molecule has 204 valence electrons. The summed E-state index contributed by atoms with van der Waals surface area (Å²) in [5.74, 6) is 1.41. The summed E-state index contributed by atoms with van der Waals surface area (Å²) < 4.78 is 34.9. The van der Waals surface area contributed by atoms with Gasteiger partial charge in [0.2, 0.25) is 11.5 Å². The van der Waals surface area contributed by atoms with E-state index in [0.29, 0.717) is 23.0 Å². The smallest absolute Gasteiger partial charge is 0.308 e. The monoisotopic (exact) mass is 538 g/mol. The first-order chi connectivity index (χ1) is 18.2. The number of methoxy groups -OCH3 is 4. The van der Waals surface area contributed by atoms with Gasteiger partial charge in [-0.2, -0.15) is 0 Å². The van der Waals surface area contributed by atoms with Gasteiger partial charge in [0, 0.05) is 0 Å². The van der Waals surface area contributed by atoms with Crippen LogP contribution in [-0.4, -0.2) is 55.4 Å². The van der Waals surface area contributed by atoms with Crippen LogP contribution in [0.3, 0.4) is 0 Å². The number of benzene rings is 3. The molecule has 0 spiro atoms. The fourth-order valence-corrected chi connectivity index (χ4v) is 9.38. The Balaban J connectivity index is 2.07. The standard InChI is InChI=1S/C30H38O7Si/c1-30(2,3)38(23-14-10-8-11-15-23,24-16-12-9-13-17-24)37-22(20-27(31)33-5)21-36-26-19-18-25(32-4)28(34-6)29(26)35-7/h8-19,22H,20-21H2,1-7H3. The molecular weight excluding hydrogens is 500 g/mol. The quantitative estimate of drug-likeness (QED) is 0.247. The third kappa shape index (κ3) is 6.14. The lowest BCUT2D eigenvalue weighted by molar-refractivity contribution is -0.142. The summed E-state index contributed by atoms with van der Waals surface area (Å²) in [5, 5.41) is 1.94. The van der Waals surface area contributed by atoms with Crippen molar-refractivity contribution in [3.8, 4) is 23.0 Å². The van der Waals surface area contributed by atoms with Crippen molar-refractivity contribution in [2.24, 2.45) is 0 Å². The first-order valence-corrected chi connectivity index (χ1v) is 14.4. The lowest BCUT2D eigenvalue weighted by atomic mass is 10.2. The number of carbonyl (C=O) groups is 1. The Bertz CT molecular complexity index is 1140. The number of ether oxygens (including phenoxy) is 5. The first kappa shape index (κ1) is 29.1. The second-order valence-corrected chi connectivity index (χ2v) is 14.1. The lowest BCUT2D eigenvalue weighted by Gasteiger charge is -2.45. The molecule has 8 heteroatoms. The largest absolute Gasteiger partial charge is 0.493 e. The summed E-state index contributed by atoms with van der Waals surface area (Å²) in [6, 6.07) is 24.0. The Labute approximate surface area is 226 Å². The van der Waals surface area contributed by atoms with Crippen molar-refractivity contribution in [3.63, 3.8) is 0 Å². The van der Waals surface area contributed by atoms with Gasteiger partial charge >= 0.3 is 5.97 Å². The van der Waals surface area contributed by atoms with Gasteiger partial charge in [0.05, 0.1) is 41.0 Å². The third-order valence-electron chi connectivity index (χ3n) is 6.48. The molecule has 3 rings (SSSR count). The molecule has 0 bridgehead atoms. The Kier molecular flexibility index (Phi) is 9.82. The normalized spacial score (nSPS) is 12.4. The van der Waals surface area contributed by atoms with Gasteiger partial charge in [-0.15, -0.1) is 0 Å². The van der Waals surface area contributed by atoms with Crippen LogP contribution in [0.25, 0.3) is 0 Å². The van der Waals surface area contributed by atoms with E-state index in [1.165, 1.54) is 21.3 Å². The van der Waals surface area contributed by atoms with Gasteiger partial charge in [0.25, 0.3) is 8.32 Å². The van der Waals surface area contributed by atoms with Crippen LogP contribution in [0.1, 0.15) is 27.2 Å². The van der Waals surface area contributed by atoms with Gasteiger partial charge in [0.1, 0.15) is 6.61 Å². The minimum Gasteiger partial charge on any atom is -0.493 e. The van der Waals surface area contributed by atoms with Crippen LogP contribution in [0.4, 0.5) is 0 Å². The molecule has 0 saturated carbocycles. The van der Waals surface area contributed by atoms with Crippen molar-refractivity contribution in [2.45, 2.75) is 38.3 Å². The van der Waals surface area contributed by atoms with Gasteiger partial charge in [-0.1, -0.05) is 81.4 Å². The van der Waals surface area contributed by atoms with Crippen LogP contribution < -0.4 is 29.3 Å². The Morgan fingerprint density at radius 3 is 1.68 bits per heavy atom. The van der Waals surface area contributed by atoms with Crippen LogP contribution in [0.15, 0.2) is 72.8 Å². The van der Waals surface area contributed by atoms with Crippen LogP contribution >= 0.6 is 0 Å². The average molecular weight is 539 g/mol. The van der Waals surface area contributed by atoms with E-state index in [4.69, 9.17) is 28.1 Å².